The molecule has 0 fully saturated rings. The lowest BCUT2D eigenvalue weighted by Crippen LogP contribution is -2.26. The molecule has 1 rings (SSSR count). The maximum Gasteiger partial charge on any atom is 0.220 e. The summed E-state index contributed by atoms with van der Waals surface area (Å²) in [5.41, 5.74) is 6.19. The predicted octanol–water partition coefficient (Wildman–Crippen LogP) is 2.91. The highest BCUT2D eigenvalue weighted by molar-refractivity contribution is 5.76. The average Bonchev–Trinajstić information content (AvgIpc) is 2.38. The summed E-state index contributed by atoms with van der Waals surface area (Å²) in [5.74, 6) is -0.259. The summed E-state index contributed by atoms with van der Waals surface area (Å²) >= 11 is 0. The molecular formula is C15H23FN2O. The molecule has 1 atom stereocenters. The van der Waals surface area contributed by atoms with Crippen LogP contribution in [0, 0.1) is 5.82 Å². The highest BCUT2D eigenvalue weighted by atomic mass is 19.1. The third-order valence-electron chi connectivity index (χ3n) is 3.08. The number of carbonyl (C=O) groups excluding carboxylic acids is 1. The molecule has 0 spiro atoms. The van der Waals surface area contributed by atoms with Crippen LogP contribution in [-0.4, -0.2) is 12.5 Å². The number of hydrogen-bond donors (Lipinski definition) is 2. The molecule has 3 nitrogen and oxygen atoms in total. The molecule has 1 amide bonds. The summed E-state index contributed by atoms with van der Waals surface area (Å²) in [5, 5.41) is 2.88. The van der Waals surface area contributed by atoms with Crippen LogP contribution in [0.15, 0.2) is 24.3 Å². The van der Waals surface area contributed by atoms with Crippen molar-refractivity contribution in [1.29, 1.82) is 0 Å². The Morgan fingerprint density at radius 3 is 2.74 bits per heavy atom. The minimum Gasteiger partial charge on any atom is -0.350 e. The maximum atomic E-state index is 13.1. The van der Waals surface area contributed by atoms with Crippen molar-refractivity contribution in [3.8, 4) is 0 Å². The normalized spacial score (nSPS) is 12.2. The smallest absolute Gasteiger partial charge is 0.220 e. The topological polar surface area (TPSA) is 55.1 Å². The van der Waals surface area contributed by atoms with Gasteiger partial charge in [-0.3, -0.25) is 4.79 Å². The van der Waals surface area contributed by atoms with Crippen LogP contribution >= 0.6 is 0 Å². The number of carbonyl (C=O) groups is 1. The van der Waals surface area contributed by atoms with Crippen molar-refractivity contribution in [2.75, 3.05) is 6.54 Å². The van der Waals surface area contributed by atoms with Gasteiger partial charge in [0, 0.05) is 6.42 Å². The molecule has 0 radical (unpaired) electrons. The first kappa shape index (κ1) is 15.6. The molecule has 0 aliphatic rings. The minimum absolute atomic E-state index is 0.0181. The fourth-order valence-electron chi connectivity index (χ4n) is 1.96. The predicted molar refractivity (Wildman–Crippen MR) is 75.1 cm³/mol. The molecule has 0 aliphatic carbocycles. The van der Waals surface area contributed by atoms with Gasteiger partial charge in [-0.15, -0.1) is 0 Å². The number of amides is 1. The van der Waals surface area contributed by atoms with Gasteiger partial charge in [-0.2, -0.15) is 0 Å². The standard InChI is InChI=1S/C15H23FN2O/c1-12(13-7-6-8-14(16)11-13)18-15(19)9-4-2-3-5-10-17/h6-8,11-12H,2-5,9-10,17H2,1H3,(H,18,19)/t12-/m0/s1. The molecule has 3 N–H and O–H groups in total. The van der Waals surface area contributed by atoms with Gasteiger partial charge in [0.05, 0.1) is 6.04 Å². The Labute approximate surface area is 114 Å². The quantitative estimate of drug-likeness (QED) is 0.711. The van der Waals surface area contributed by atoms with Gasteiger partial charge in [0.1, 0.15) is 5.82 Å². The lowest BCUT2D eigenvalue weighted by molar-refractivity contribution is -0.121. The SMILES string of the molecule is C[C@H](NC(=O)CCCCCCN)c1cccc(F)c1. The van der Waals surface area contributed by atoms with Crippen LogP contribution in [-0.2, 0) is 4.79 Å². The van der Waals surface area contributed by atoms with E-state index in [9.17, 15) is 9.18 Å². The third-order valence-corrected chi connectivity index (χ3v) is 3.08. The van der Waals surface area contributed by atoms with E-state index in [-0.39, 0.29) is 17.8 Å². The zero-order valence-corrected chi connectivity index (χ0v) is 11.5. The van der Waals surface area contributed by atoms with Crippen molar-refractivity contribution in [1.82, 2.24) is 5.32 Å². The van der Waals surface area contributed by atoms with Gasteiger partial charge in [0.25, 0.3) is 0 Å². The fourth-order valence-corrected chi connectivity index (χ4v) is 1.96. The Morgan fingerprint density at radius 1 is 1.32 bits per heavy atom. The first-order valence-corrected chi connectivity index (χ1v) is 6.88. The molecule has 0 saturated heterocycles. The first-order chi connectivity index (χ1) is 9.13. The van der Waals surface area contributed by atoms with Crippen LogP contribution in [0.25, 0.3) is 0 Å². The Hall–Kier alpha value is -1.42. The largest absolute Gasteiger partial charge is 0.350 e. The van der Waals surface area contributed by atoms with E-state index in [1.807, 2.05) is 13.0 Å². The lowest BCUT2D eigenvalue weighted by Gasteiger charge is -2.14. The molecule has 1 aromatic rings. The molecule has 1 aromatic carbocycles. The molecule has 0 saturated carbocycles. The molecule has 0 unspecified atom stereocenters. The Bertz CT molecular complexity index is 395. The van der Waals surface area contributed by atoms with Gasteiger partial charge in [-0.25, -0.2) is 4.39 Å². The Morgan fingerprint density at radius 2 is 2.05 bits per heavy atom. The van der Waals surface area contributed by atoms with Crippen molar-refractivity contribution in [3.63, 3.8) is 0 Å². The first-order valence-electron chi connectivity index (χ1n) is 6.88. The van der Waals surface area contributed by atoms with Gasteiger partial charge in [-0.1, -0.05) is 25.0 Å². The Balaban J connectivity index is 2.28. The molecule has 0 aliphatic heterocycles. The van der Waals surface area contributed by atoms with Gasteiger partial charge in [0.2, 0.25) is 5.91 Å². The lowest BCUT2D eigenvalue weighted by atomic mass is 10.1. The van der Waals surface area contributed by atoms with Gasteiger partial charge in [0.15, 0.2) is 0 Å². The van der Waals surface area contributed by atoms with E-state index in [1.54, 1.807) is 6.07 Å². The monoisotopic (exact) mass is 266 g/mol. The van der Waals surface area contributed by atoms with E-state index in [0.717, 1.165) is 31.2 Å². The average molecular weight is 266 g/mol. The van der Waals surface area contributed by atoms with Crippen molar-refractivity contribution < 1.29 is 9.18 Å². The zero-order valence-electron chi connectivity index (χ0n) is 11.5. The highest BCUT2D eigenvalue weighted by Crippen LogP contribution is 2.14. The van der Waals surface area contributed by atoms with Crippen LogP contribution in [0.2, 0.25) is 0 Å². The van der Waals surface area contributed by atoms with Crippen molar-refractivity contribution in [3.05, 3.63) is 35.6 Å². The molecule has 4 heteroatoms. The summed E-state index contributed by atoms with van der Waals surface area (Å²) in [7, 11) is 0. The van der Waals surface area contributed by atoms with Gasteiger partial charge >= 0.3 is 0 Å². The van der Waals surface area contributed by atoms with E-state index in [2.05, 4.69) is 5.32 Å². The number of nitrogens with one attached hydrogen (secondary N) is 1. The number of halogens is 1. The van der Waals surface area contributed by atoms with Gasteiger partial charge in [-0.05, 0) is 44.0 Å². The van der Waals surface area contributed by atoms with E-state index >= 15 is 0 Å². The maximum absolute atomic E-state index is 13.1. The summed E-state index contributed by atoms with van der Waals surface area (Å²) in [6.07, 6.45) is 4.51. The molecule has 0 bridgehead atoms. The summed E-state index contributed by atoms with van der Waals surface area (Å²) in [6, 6.07) is 6.16. The van der Waals surface area contributed by atoms with Crippen molar-refractivity contribution in [2.24, 2.45) is 5.73 Å². The van der Waals surface area contributed by atoms with E-state index in [1.165, 1.54) is 12.1 Å². The number of unbranched alkanes of at least 4 members (excludes halogenated alkanes) is 3. The minimum atomic E-state index is -0.277. The number of rotatable bonds is 8. The van der Waals surface area contributed by atoms with Crippen LogP contribution in [0.4, 0.5) is 4.39 Å². The number of nitrogens with two attached hydrogens (primary N) is 1. The van der Waals surface area contributed by atoms with Crippen LogP contribution in [0.3, 0.4) is 0 Å². The summed E-state index contributed by atoms with van der Waals surface area (Å²) in [6.45, 7) is 2.57. The van der Waals surface area contributed by atoms with Crippen molar-refractivity contribution >= 4 is 5.91 Å². The number of benzene rings is 1. The third kappa shape index (κ3) is 6.34. The summed E-state index contributed by atoms with van der Waals surface area (Å²) in [4.78, 5) is 11.7. The second kappa shape index (κ2) is 8.64. The molecule has 19 heavy (non-hydrogen) atoms. The van der Waals surface area contributed by atoms with Crippen LogP contribution in [0.1, 0.15) is 50.6 Å². The Kier molecular flexibility index (Phi) is 7.11. The van der Waals surface area contributed by atoms with Crippen LogP contribution < -0.4 is 11.1 Å². The van der Waals surface area contributed by atoms with Crippen molar-refractivity contribution in [2.45, 2.75) is 45.1 Å². The molecular weight excluding hydrogens is 243 g/mol. The molecule has 0 aromatic heterocycles. The second-order valence-corrected chi connectivity index (χ2v) is 4.80. The molecule has 0 heterocycles. The van der Waals surface area contributed by atoms with E-state index in [4.69, 9.17) is 5.73 Å². The summed E-state index contributed by atoms with van der Waals surface area (Å²) < 4.78 is 13.1. The zero-order chi connectivity index (χ0) is 14.1. The second-order valence-electron chi connectivity index (χ2n) is 4.80. The highest BCUT2D eigenvalue weighted by Gasteiger charge is 2.09. The van der Waals surface area contributed by atoms with E-state index < -0.39 is 0 Å². The van der Waals surface area contributed by atoms with Gasteiger partial charge < -0.3 is 11.1 Å². The van der Waals surface area contributed by atoms with E-state index in [0.29, 0.717) is 13.0 Å². The fraction of sp³-hybridized carbons (Fsp3) is 0.533. The van der Waals surface area contributed by atoms with Crippen LogP contribution in [0.5, 0.6) is 0 Å². The number of hydrogen-bond acceptors (Lipinski definition) is 2. The molecule has 106 valence electrons.